The Kier molecular flexibility index (Phi) is 7.92. The van der Waals surface area contributed by atoms with Gasteiger partial charge >= 0.3 is 0 Å². The van der Waals surface area contributed by atoms with Gasteiger partial charge in [0.05, 0.1) is 6.54 Å². The van der Waals surface area contributed by atoms with Crippen molar-refractivity contribution in [1.29, 1.82) is 0 Å². The van der Waals surface area contributed by atoms with E-state index in [9.17, 15) is 4.79 Å². The standard InChI is InChI=1S/C14H20Cl2N2O2/c1-18(10-14(19)17-6-3-7-20-2)9-11-4-5-12(15)8-13(11)16/h4-5,8H,3,6-7,9-10H2,1-2H3,(H,17,19). The first kappa shape index (κ1) is 17.2. The minimum atomic E-state index is -0.00584. The molecule has 1 N–H and O–H groups in total. The van der Waals surface area contributed by atoms with Gasteiger partial charge in [-0.3, -0.25) is 9.69 Å². The second-order valence-corrected chi connectivity index (χ2v) is 5.45. The summed E-state index contributed by atoms with van der Waals surface area (Å²) in [5.74, 6) is -0.00584. The SMILES string of the molecule is COCCCNC(=O)CN(C)Cc1ccc(Cl)cc1Cl. The van der Waals surface area contributed by atoms with E-state index in [2.05, 4.69) is 5.32 Å². The minimum Gasteiger partial charge on any atom is -0.385 e. The van der Waals surface area contributed by atoms with Crippen LogP contribution in [0.5, 0.6) is 0 Å². The lowest BCUT2D eigenvalue weighted by Crippen LogP contribution is -2.35. The summed E-state index contributed by atoms with van der Waals surface area (Å²) in [7, 11) is 3.52. The Morgan fingerprint density at radius 3 is 2.80 bits per heavy atom. The second kappa shape index (κ2) is 9.19. The van der Waals surface area contributed by atoms with E-state index in [-0.39, 0.29) is 5.91 Å². The molecule has 0 unspecified atom stereocenters. The zero-order chi connectivity index (χ0) is 15.0. The molecule has 0 heterocycles. The minimum absolute atomic E-state index is 0.00584. The molecule has 1 aromatic carbocycles. The van der Waals surface area contributed by atoms with Crippen LogP contribution in [0.1, 0.15) is 12.0 Å². The van der Waals surface area contributed by atoms with E-state index in [1.807, 2.05) is 18.0 Å². The van der Waals surface area contributed by atoms with E-state index in [0.29, 0.717) is 36.3 Å². The number of hydrogen-bond acceptors (Lipinski definition) is 3. The predicted octanol–water partition coefficient (Wildman–Crippen LogP) is 2.58. The lowest BCUT2D eigenvalue weighted by atomic mass is 10.2. The third-order valence-corrected chi connectivity index (χ3v) is 3.30. The summed E-state index contributed by atoms with van der Waals surface area (Å²) in [5, 5.41) is 4.07. The molecule has 0 radical (unpaired) electrons. The highest BCUT2D eigenvalue weighted by Crippen LogP contribution is 2.21. The molecule has 112 valence electrons. The molecule has 0 spiro atoms. The van der Waals surface area contributed by atoms with Gasteiger partial charge in [-0.1, -0.05) is 29.3 Å². The van der Waals surface area contributed by atoms with Crippen LogP contribution in [0.3, 0.4) is 0 Å². The van der Waals surface area contributed by atoms with Gasteiger partial charge in [-0.05, 0) is 31.2 Å². The topological polar surface area (TPSA) is 41.6 Å². The van der Waals surface area contributed by atoms with Crippen LogP contribution >= 0.6 is 23.2 Å². The first-order chi connectivity index (χ1) is 9.52. The van der Waals surface area contributed by atoms with Crippen molar-refractivity contribution in [3.05, 3.63) is 33.8 Å². The van der Waals surface area contributed by atoms with Crippen LogP contribution in [-0.4, -0.2) is 44.7 Å². The van der Waals surface area contributed by atoms with E-state index in [4.69, 9.17) is 27.9 Å². The third-order valence-electron chi connectivity index (χ3n) is 2.72. The van der Waals surface area contributed by atoms with E-state index >= 15 is 0 Å². The Labute approximate surface area is 130 Å². The van der Waals surface area contributed by atoms with Crippen molar-refractivity contribution in [2.24, 2.45) is 0 Å². The molecule has 4 nitrogen and oxygen atoms in total. The lowest BCUT2D eigenvalue weighted by molar-refractivity contribution is -0.122. The summed E-state index contributed by atoms with van der Waals surface area (Å²) < 4.78 is 4.92. The molecule has 0 bridgehead atoms. The predicted molar refractivity (Wildman–Crippen MR) is 82.3 cm³/mol. The van der Waals surface area contributed by atoms with Crippen LogP contribution in [0.2, 0.25) is 10.0 Å². The molecular weight excluding hydrogens is 299 g/mol. The van der Waals surface area contributed by atoms with Gasteiger partial charge < -0.3 is 10.1 Å². The quantitative estimate of drug-likeness (QED) is 0.749. The van der Waals surface area contributed by atoms with Gasteiger partial charge in [0.15, 0.2) is 0 Å². The zero-order valence-corrected chi connectivity index (χ0v) is 13.3. The highest BCUT2D eigenvalue weighted by molar-refractivity contribution is 6.35. The van der Waals surface area contributed by atoms with Gasteiger partial charge in [-0.25, -0.2) is 0 Å². The number of methoxy groups -OCH3 is 1. The molecule has 0 aliphatic carbocycles. The molecule has 1 amide bonds. The molecule has 0 aliphatic rings. The molecule has 20 heavy (non-hydrogen) atoms. The van der Waals surface area contributed by atoms with Crippen molar-refractivity contribution in [3.8, 4) is 0 Å². The van der Waals surface area contributed by atoms with Crippen LogP contribution in [0, 0.1) is 0 Å². The molecule has 0 aromatic heterocycles. The molecule has 0 fully saturated rings. The number of benzene rings is 1. The number of hydrogen-bond donors (Lipinski definition) is 1. The van der Waals surface area contributed by atoms with Gasteiger partial charge in [-0.2, -0.15) is 0 Å². The van der Waals surface area contributed by atoms with Crippen LogP contribution in [0.4, 0.5) is 0 Å². The third kappa shape index (κ3) is 6.57. The van der Waals surface area contributed by atoms with Crippen molar-refractivity contribution in [1.82, 2.24) is 10.2 Å². The van der Waals surface area contributed by atoms with Crippen molar-refractivity contribution in [2.75, 3.05) is 33.9 Å². The largest absolute Gasteiger partial charge is 0.385 e. The highest BCUT2D eigenvalue weighted by Gasteiger charge is 2.09. The van der Waals surface area contributed by atoms with Crippen molar-refractivity contribution in [3.63, 3.8) is 0 Å². The number of ether oxygens (including phenoxy) is 1. The fraction of sp³-hybridized carbons (Fsp3) is 0.500. The number of halogens is 2. The van der Waals surface area contributed by atoms with Gasteiger partial charge in [-0.15, -0.1) is 0 Å². The molecular formula is C14H20Cl2N2O2. The first-order valence-electron chi connectivity index (χ1n) is 6.41. The molecule has 1 rings (SSSR count). The fourth-order valence-electron chi connectivity index (χ4n) is 1.74. The number of amides is 1. The van der Waals surface area contributed by atoms with Crippen LogP contribution in [-0.2, 0) is 16.1 Å². The number of nitrogens with one attached hydrogen (secondary N) is 1. The van der Waals surface area contributed by atoms with Crippen molar-refractivity contribution >= 4 is 29.1 Å². The van der Waals surface area contributed by atoms with Crippen molar-refractivity contribution < 1.29 is 9.53 Å². The van der Waals surface area contributed by atoms with E-state index in [1.165, 1.54) is 0 Å². The van der Waals surface area contributed by atoms with Crippen LogP contribution in [0.25, 0.3) is 0 Å². The molecule has 0 saturated heterocycles. The summed E-state index contributed by atoms with van der Waals surface area (Å²) in [5.41, 5.74) is 0.950. The Morgan fingerprint density at radius 2 is 2.15 bits per heavy atom. The summed E-state index contributed by atoms with van der Waals surface area (Å²) in [6.45, 7) is 2.20. The maximum atomic E-state index is 11.7. The Morgan fingerprint density at radius 1 is 1.40 bits per heavy atom. The average Bonchev–Trinajstić information content (AvgIpc) is 2.38. The van der Waals surface area contributed by atoms with Gasteiger partial charge in [0.2, 0.25) is 5.91 Å². The molecule has 0 atom stereocenters. The van der Waals surface area contributed by atoms with E-state index in [1.54, 1.807) is 19.2 Å². The summed E-state index contributed by atoms with van der Waals surface area (Å²) in [6.07, 6.45) is 0.814. The molecule has 1 aromatic rings. The number of carbonyl (C=O) groups excluding carboxylic acids is 1. The maximum Gasteiger partial charge on any atom is 0.234 e. The summed E-state index contributed by atoms with van der Waals surface area (Å²) in [4.78, 5) is 13.6. The highest BCUT2D eigenvalue weighted by atomic mass is 35.5. The van der Waals surface area contributed by atoms with Gasteiger partial charge in [0, 0.05) is 36.9 Å². The Bertz CT molecular complexity index is 441. The second-order valence-electron chi connectivity index (χ2n) is 4.60. The zero-order valence-electron chi connectivity index (χ0n) is 11.8. The lowest BCUT2D eigenvalue weighted by Gasteiger charge is -2.17. The van der Waals surface area contributed by atoms with E-state index in [0.717, 1.165) is 12.0 Å². The fourth-order valence-corrected chi connectivity index (χ4v) is 2.21. The summed E-state index contributed by atoms with van der Waals surface area (Å²) in [6, 6.07) is 5.37. The molecule has 0 aliphatic heterocycles. The van der Waals surface area contributed by atoms with E-state index < -0.39 is 0 Å². The first-order valence-corrected chi connectivity index (χ1v) is 7.16. The average molecular weight is 319 g/mol. The number of carbonyl (C=O) groups is 1. The molecule has 0 saturated carbocycles. The smallest absolute Gasteiger partial charge is 0.234 e. The Hall–Kier alpha value is -0.810. The Balaban J connectivity index is 2.35. The maximum absolute atomic E-state index is 11.7. The van der Waals surface area contributed by atoms with Gasteiger partial charge in [0.25, 0.3) is 0 Å². The van der Waals surface area contributed by atoms with Crippen LogP contribution < -0.4 is 5.32 Å². The van der Waals surface area contributed by atoms with Crippen molar-refractivity contribution in [2.45, 2.75) is 13.0 Å². The number of nitrogens with zero attached hydrogens (tertiary/aromatic N) is 1. The normalized spacial score (nSPS) is 10.8. The number of rotatable bonds is 8. The summed E-state index contributed by atoms with van der Waals surface area (Å²) >= 11 is 12.0. The van der Waals surface area contributed by atoms with Gasteiger partial charge in [0.1, 0.15) is 0 Å². The monoisotopic (exact) mass is 318 g/mol. The molecule has 6 heteroatoms. The number of likely N-dealkylation sites (N-methyl/N-ethyl adjacent to an activating group) is 1. The van der Waals surface area contributed by atoms with Crippen LogP contribution in [0.15, 0.2) is 18.2 Å².